The number of phenolic OH excluding ortho intramolecular Hbond substituents is 1. The Bertz CT molecular complexity index is 1300. The van der Waals surface area contributed by atoms with Crippen LogP contribution in [0.5, 0.6) is 11.5 Å². The van der Waals surface area contributed by atoms with Gasteiger partial charge in [0.05, 0.1) is 28.9 Å². The lowest BCUT2D eigenvalue weighted by Gasteiger charge is -2.30. The normalized spacial score (nSPS) is 17.7. The average molecular weight is 512 g/mol. The number of nitrogens with one attached hydrogen (secondary N) is 2. The van der Waals surface area contributed by atoms with Crippen molar-refractivity contribution in [3.8, 4) is 22.6 Å². The molecule has 8 nitrogen and oxygen atoms in total. The molecule has 1 saturated carbocycles. The molecule has 0 radical (unpaired) electrons. The standard InChI is InChI=1S/C27H30ClN3O5/c1-14(2)25(32)20-13-29-22-9-4-15(16-11-21(28)26(33)23(12-16)36-3)10-19(22)24(20)30-17-5-7-18(8-6-17)31-27(34)35/h4,9-14,17-18,31,33H,5-8H2,1-3H3,(H,29,30)(H,34,35)/t17-,18-. The second-order valence-corrected chi connectivity index (χ2v) is 9.86. The summed E-state index contributed by atoms with van der Waals surface area (Å²) in [5.74, 6) is -0.0633. The largest absolute Gasteiger partial charge is 0.503 e. The number of carbonyl (C=O) groups is 2. The van der Waals surface area contributed by atoms with Gasteiger partial charge in [-0.25, -0.2) is 4.79 Å². The van der Waals surface area contributed by atoms with Gasteiger partial charge in [0, 0.05) is 29.6 Å². The second-order valence-electron chi connectivity index (χ2n) is 9.45. The Hall–Kier alpha value is -3.52. The maximum absolute atomic E-state index is 13.1. The van der Waals surface area contributed by atoms with Gasteiger partial charge >= 0.3 is 6.09 Å². The van der Waals surface area contributed by atoms with E-state index in [4.69, 9.17) is 21.4 Å². The number of ether oxygens (including phenoxy) is 1. The molecule has 1 aromatic heterocycles. The van der Waals surface area contributed by atoms with Crippen molar-refractivity contribution < 1.29 is 24.5 Å². The topological polar surface area (TPSA) is 121 Å². The number of aromatic hydroxyl groups is 1. The van der Waals surface area contributed by atoms with Crippen LogP contribution in [0.4, 0.5) is 10.5 Å². The van der Waals surface area contributed by atoms with Gasteiger partial charge in [0.25, 0.3) is 0 Å². The highest BCUT2D eigenvalue weighted by Gasteiger charge is 2.25. The summed E-state index contributed by atoms with van der Waals surface area (Å²) in [6.45, 7) is 3.72. The van der Waals surface area contributed by atoms with Crippen LogP contribution in [-0.2, 0) is 0 Å². The summed E-state index contributed by atoms with van der Waals surface area (Å²) in [6.07, 6.45) is 3.61. The fraction of sp³-hybridized carbons (Fsp3) is 0.370. The zero-order chi connectivity index (χ0) is 26.0. The number of carboxylic acid groups (broad SMARTS) is 1. The quantitative estimate of drug-likeness (QED) is 0.283. The van der Waals surface area contributed by atoms with Gasteiger partial charge in [-0.3, -0.25) is 9.78 Å². The lowest BCUT2D eigenvalue weighted by atomic mass is 9.90. The van der Waals surface area contributed by atoms with Gasteiger partial charge in [-0.15, -0.1) is 0 Å². The molecule has 2 aromatic carbocycles. The first-order chi connectivity index (χ1) is 17.2. The van der Waals surface area contributed by atoms with Crippen molar-refractivity contribution in [1.29, 1.82) is 0 Å². The molecule has 1 aliphatic rings. The van der Waals surface area contributed by atoms with Crippen LogP contribution in [-0.4, -0.2) is 46.3 Å². The lowest BCUT2D eigenvalue weighted by molar-refractivity contribution is 0.0939. The fourth-order valence-electron chi connectivity index (χ4n) is 4.68. The van der Waals surface area contributed by atoms with Crippen molar-refractivity contribution >= 4 is 40.1 Å². The molecule has 0 unspecified atom stereocenters. The summed E-state index contributed by atoms with van der Waals surface area (Å²) in [5.41, 5.74) is 3.58. The highest BCUT2D eigenvalue weighted by molar-refractivity contribution is 6.32. The Balaban J connectivity index is 1.76. The van der Waals surface area contributed by atoms with E-state index < -0.39 is 6.09 Å². The SMILES string of the molecule is COc1cc(-c2ccc3ncc(C(=O)C(C)C)c(N[C@H]4CC[C@H](NC(=O)O)CC4)c3c2)cc(Cl)c1O. The molecule has 0 spiro atoms. The van der Waals surface area contributed by atoms with Crippen molar-refractivity contribution in [2.75, 3.05) is 12.4 Å². The van der Waals surface area contributed by atoms with Gasteiger partial charge in [-0.1, -0.05) is 31.5 Å². The van der Waals surface area contributed by atoms with Gasteiger partial charge in [0.1, 0.15) is 0 Å². The summed E-state index contributed by atoms with van der Waals surface area (Å²) in [7, 11) is 1.46. The molecule has 1 aliphatic carbocycles. The summed E-state index contributed by atoms with van der Waals surface area (Å²) >= 11 is 6.23. The summed E-state index contributed by atoms with van der Waals surface area (Å²) in [4.78, 5) is 28.7. The van der Waals surface area contributed by atoms with Gasteiger partial charge in [-0.05, 0) is 61.1 Å². The number of ketones is 1. The molecule has 0 atom stereocenters. The number of benzene rings is 2. The maximum atomic E-state index is 13.1. The monoisotopic (exact) mass is 511 g/mol. The van der Waals surface area contributed by atoms with Crippen LogP contribution in [0.2, 0.25) is 5.02 Å². The molecular weight excluding hydrogens is 482 g/mol. The number of phenols is 1. The van der Waals surface area contributed by atoms with Crippen LogP contribution in [0.15, 0.2) is 36.5 Å². The fourth-order valence-corrected chi connectivity index (χ4v) is 4.89. The van der Waals surface area contributed by atoms with E-state index in [1.165, 1.54) is 7.11 Å². The first-order valence-corrected chi connectivity index (χ1v) is 12.4. The first-order valence-electron chi connectivity index (χ1n) is 12.0. The van der Waals surface area contributed by atoms with Crippen LogP contribution in [0, 0.1) is 5.92 Å². The Morgan fingerprint density at radius 2 is 1.78 bits per heavy atom. The van der Waals surface area contributed by atoms with Crippen LogP contribution >= 0.6 is 11.6 Å². The number of aromatic nitrogens is 1. The van der Waals surface area contributed by atoms with Crippen molar-refractivity contribution in [2.45, 2.75) is 51.6 Å². The summed E-state index contributed by atoms with van der Waals surface area (Å²) < 4.78 is 5.26. The van der Waals surface area contributed by atoms with Gasteiger partial charge < -0.3 is 25.6 Å². The number of fused-ring (bicyclic) bond motifs is 1. The number of pyridine rings is 1. The minimum absolute atomic E-state index is 0.00659. The third-order valence-electron chi connectivity index (χ3n) is 6.64. The Kier molecular flexibility index (Phi) is 7.54. The molecule has 4 N–H and O–H groups in total. The molecule has 9 heteroatoms. The molecule has 0 aliphatic heterocycles. The predicted molar refractivity (Wildman–Crippen MR) is 140 cm³/mol. The van der Waals surface area contributed by atoms with E-state index in [0.29, 0.717) is 5.56 Å². The number of hydrogen-bond donors (Lipinski definition) is 4. The van der Waals surface area contributed by atoms with E-state index in [9.17, 15) is 14.7 Å². The molecule has 1 fully saturated rings. The number of anilines is 1. The number of halogens is 1. The van der Waals surface area contributed by atoms with Crippen LogP contribution in [0.1, 0.15) is 49.9 Å². The van der Waals surface area contributed by atoms with E-state index in [0.717, 1.165) is 53.4 Å². The minimum Gasteiger partial charge on any atom is -0.503 e. The van der Waals surface area contributed by atoms with Crippen LogP contribution in [0.3, 0.4) is 0 Å². The van der Waals surface area contributed by atoms with Crippen molar-refractivity contribution in [2.24, 2.45) is 5.92 Å². The van der Waals surface area contributed by atoms with Gasteiger partial charge in [0.15, 0.2) is 17.3 Å². The highest BCUT2D eigenvalue weighted by atomic mass is 35.5. The Morgan fingerprint density at radius 1 is 1.08 bits per heavy atom. The number of amides is 1. The number of Topliss-reactive ketones (excluding diaryl/α,β-unsaturated/α-hetero) is 1. The molecule has 0 bridgehead atoms. The number of hydrogen-bond acceptors (Lipinski definition) is 6. The zero-order valence-corrected chi connectivity index (χ0v) is 21.2. The number of rotatable bonds is 7. The number of nitrogens with zero attached hydrogens (tertiary/aromatic N) is 1. The second kappa shape index (κ2) is 10.6. The maximum Gasteiger partial charge on any atom is 0.404 e. The summed E-state index contributed by atoms with van der Waals surface area (Å²) in [6, 6.07) is 9.17. The smallest absolute Gasteiger partial charge is 0.404 e. The molecule has 1 amide bonds. The van der Waals surface area contributed by atoms with Crippen molar-refractivity contribution in [3.05, 3.63) is 47.1 Å². The van der Waals surface area contributed by atoms with E-state index in [2.05, 4.69) is 15.6 Å². The lowest BCUT2D eigenvalue weighted by Crippen LogP contribution is -2.39. The molecule has 36 heavy (non-hydrogen) atoms. The minimum atomic E-state index is -1.00. The zero-order valence-electron chi connectivity index (χ0n) is 20.5. The highest BCUT2D eigenvalue weighted by Crippen LogP contribution is 2.40. The van der Waals surface area contributed by atoms with Gasteiger partial charge in [-0.2, -0.15) is 0 Å². The molecule has 0 saturated heterocycles. The van der Waals surface area contributed by atoms with E-state index in [1.807, 2.05) is 32.0 Å². The van der Waals surface area contributed by atoms with Crippen LogP contribution < -0.4 is 15.4 Å². The van der Waals surface area contributed by atoms with Crippen molar-refractivity contribution in [1.82, 2.24) is 10.3 Å². The number of methoxy groups -OCH3 is 1. The van der Waals surface area contributed by atoms with Gasteiger partial charge in [0.2, 0.25) is 0 Å². The van der Waals surface area contributed by atoms with Crippen LogP contribution in [0.25, 0.3) is 22.0 Å². The average Bonchev–Trinajstić information content (AvgIpc) is 2.85. The van der Waals surface area contributed by atoms with E-state index in [-0.39, 0.29) is 40.3 Å². The first kappa shape index (κ1) is 25.6. The van der Waals surface area contributed by atoms with E-state index in [1.54, 1.807) is 18.3 Å². The molecule has 190 valence electrons. The third kappa shape index (κ3) is 5.33. The summed E-state index contributed by atoms with van der Waals surface area (Å²) in [5, 5.41) is 26.3. The third-order valence-corrected chi connectivity index (χ3v) is 6.93. The molecule has 1 heterocycles. The molecule has 4 rings (SSSR count). The predicted octanol–water partition coefficient (Wildman–Crippen LogP) is 6.10. The van der Waals surface area contributed by atoms with Crippen molar-refractivity contribution in [3.63, 3.8) is 0 Å². The number of carbonyl (C=O) groups excluding carboxylic acids is 1. The Labute approximate surface area is 214 Å². The molecule has 3 aromatic rings. The molecular formula is C27H30ClN3O5. The Morgan fingerprint density at radius 3 is 2.42 bits per heavy atom. The van der Waals surface area contributed by atoms with E-state index >= 15 is 0 Å².